The number of hydrogen-bond acceptors (Lipinski definition) is 5. The van der Waals surface area contributed by atoms with E-state index in [-0.39, 0.29) is 43.5 Å². The Morgan fingerprint density at radius 2 is 1.53 bits per heavy atom. The molecule has 3 aromatic carbocycles. The molecule has 3 aromatic heterocycles. The number of hydrogen-bond donors (Lipinski definition) is 1. The van der Waals surface area contributed by atoms with Gasteiger partial charge in [-0.3, -0.25) is 14.8 Å². The van der Waals surface area contributed by atoms with Crippen LogP contribution in [-0.4, -0.2) is 20.9 Å². The molecule has 0 saturated heterocycles. The van der Waals surface area contributed by atoms with Gasteiger partial charge in [-0.15, -0.1) is 23.6 Å². The van der Waals surface area contributed by atoms with Gasteiger partial charge in [-0.2, -0.15) is 0 Å². The molecule has 0 spiro atoms. The minimum atomic E-state index is 0. The van der Waals surface area contributed by atoms with Crippen LogP contribution in [0.15, 0.2) is 108 Å². The van der Waals surface area contributed by atoms with Gasteiger partial charge in [-0.25, -0.2) is 0 Å². The van der Waals surface area contributed by atoms with Gasteiger partial charge in [0, 0.05) is 67.1 Å². The summed E-state index contributed by atoms with van der Waals surface area (Å²) in [7, 11) is 0. The Morgan fingerprint density at radius 3 is 2.27 bits per heavy atom. The van der Waals surface area contributed by atoms with Crippen LogP contribution in [0.5, 0.6) is 0 Å². The number of aliphatic hydroxyl groups is 1. The molecule has 1 aliphatic carbocycles. The summed E-state index contributed by atoms with van der Waals surface area (Å²) in [6, 6.07) is 30.9. The van der Waals surface area contributed by atoms with Crippen molar-refractivity contribution >= 4 is 27.5 Å². The number of ketones is 1. The molecule has 0 unspecified atom stereocenters. The summed E-state index contributed by atoms with van der Waals surface area (Å²) >= 11 is 0. The molecule has 253 valence electrons. The van der Waals surface area contributed by atoms with Gasteiger partial charge in [0.2, 0.25) is 0 Å². The molecule has 0 aliphatic heterocycles. The van der Waals surface area contributed by atoms with Crippen LogP contribution in [0.25, 0.3) is 55.6 Å². The van der Waals surface area contributed by atoms with Gasteiger partial charge in [-0.1, -0.05) is 98.8 Å². The van der Waals surface area contributed by atoms with E-state index in [0.717, 1.165) is 77.6 Å². The summed E-state index contributed by atoms with van der Waals surface area (Å²) in [5, 5.41) is 13.1. The number of rotatable bonds is 9. The van der Waals surface area contributed by atoms with Crippen LogP contribution in [-0.2, 0) is 37.7 Å². The van der Waals surface area contributed by atoms with Gasteiger partial charge < -0.3 is 9.52 Å². The van der Waals surface area contributed by atoms with Gasteiger partial charge in [0.25, 0.3) is 0 Å². The molecule has 0 saturated carbocycles. The number of furan rings is 1. The van der Waals surface area contributed by atoms with E-state index in [2.05, 4.69) is 71.7 Å². The van der Waals surface area contributed by atoms with Crippen molar-refractivity contribution < 1.29 is 34.4 Å². The first kappa shape index (κ1) is 35.9. The van der Waals surface area contributed by atoms with Crippen molar-refractivity contribution in [3.8, 4) is 33.8 Å². The van der Waals surface area contributed by atoms with Crippen LogP contribution in [0, 0.1) is 17.9 Å². The SMILES string of the molecule is CCC(CC)C(=O)/C=C(\O)C(CC)CC.[Ir].[c-]1c(-c2nccc3oc4c(c23)CCc2cccnc2-4)cc(-c2ccccc2)c2ccccc12. The third-order valence-corrected chi connectivity index (χ3v) is 9.65. The van der Waals surface area contributed by atoms with Crippen molar-refractivity contribution in [3.05, 3.63) is 120 Å². The van der Waals surface area contributed by atoms with Gasteiger partial charge in [0.1, 0.15) is 11.3 Å². The van der Waals surface area contributed by atoms with Crippen molar-refractivity contribution in [2.24, 2.45) is 11.8 Å². The Hall–Kier alpha value is -4.38. The minimum Gasteiger partial charge on any atom is -0.512 e. The third kappa shape index (κ3) is 7.46. The zero-order chi connectivity index (χ0) is 33.6. The van der Waals surface area contributed by atoms with Crippen molar-refractivity contribution in [2.45, 2.75) is 66.2 Å². The first-order chi connectivity index (χ1) is 23.5. The van der Waals surface area contributed by atoms with E-state index in [1.54, 1.807) is 0 Å². The number of aromatic nitrogens is 2. The second kappa shape index (κ2) is 16.3. The summed E-state index contributed by atoms with van der Waals surface area (Å²) in [5.41, 5.74) is 8.50. The smallest absolute Gasteiger partial charge is 0.162 e. The quantitative estimate of drug-likeness (QED) is 0.0892. The van der Waals surface area contributed by atoms with Crippen LogP contribution in [0.3, 0.4) is 0 Å². The maximum Gasteiger partial charge on any atom is 0.162 e. The molecule has 1 N–H and O–H groups in total. The first-order valence-corrected chi connectivity index (χ1v) is 17.3. The van der Waals surface area contributed by atoms with E-state index in [1.807, 2.05) is 58.3 Å². The van der Waals surface area contributed by atoms with Crippen LogP contribution in [0.2, 0.25) is 0 Å². The first-order valence-electron chi connectivity index (χ1n) is 17.3. The monoisotopic (exact) mass is 828 g/mol. The number of nitrogens with zero attached hydrogens (tertiary/aromatic N) is 2. The van der Waals surface area contributed by atoms with E-state index in [1.165, 1.54) is 33.7 Å². The maximum atomic E-state index is 11.7. The Kier molecular flexibility index (Phi) is 12.0. The molecule has 6 aromatic rings. The number of pyridine rings is 2. The Morgan fingerprint density at radius 1 is 0.837 bits per heavy atom. The van der Waals surface area contributed by atoms with E-state index < -0.39 is 0 Å². The zero-order valence-electron chi connectivity index (χ0n) is 28.6. The van der Waals surface area contributed by atoms with E-state index >= 15 is 0 Å². The molecule has 0 amide bonds. The molecule has 49 heavy (non-hydrogen) atoms. The summed E-state index contributed by atoms with van der Waals surface area (Å²) in [4.78, 5) is 21.2. The largest absolute Gasteiger partial charge is 0.512 e. The van der Waals surface area contributed by atoms with Crippen molar-refractivity contribution in [1.82, 2.24) is 9.97 Å². The van der Waals surface area contributed by atoms with E-state index in [9.17, 15) is 9.90 Å². The minimum absolute atomic E-state index is 0. The molecular formula is C43H43IrN2O3-. The predicted molar refractivity (Wildman–Crippen MR) is 196 cm³/mol. The third-order valence-electron chi connectivity index (χ3n) is 9.65. The number of fused-ring (bicyclic) bond motifs is 6. The summed E-state index contributed by atoms with van der Waals surface area (Å²) in [5.74, 6) is 1.43. The Labute approximate surface area is 302 Å². The zero-order valence-corrected chi connectivity index (χ0v) is 31.0. The molecule has 6 heteroatoms. The summed E-state index contributed by atoms with van der Waals surface area (Å²) in [6.07, 6.45) is 10.4. The number of carbonyl (C=O) groups is 1. The summed E-state index contributed by atoms with van der Waals surface area (Å²) < 4.78 is 6.37. The second-order valence-electron chi connectivity index (χ2n) is 12.5. The average Bonchev–Trinajstić information content (AvgIpc) is 3.52. The number of aryl methyl sites for hydroxylation is 2. The fourth-order valence-electron chi connectivity index (χ4n) is 6.84. The fourth-order valence-corrected chi connectivity index (χ4v) is 6.84. The van der Waals surface area contributed by atoms with Gasteiger partial charge >= 0.3 is 0 Å². The molecule has 7 rings (SSSR count). The Bertz CT molecular complexity index is 2070. The molecule has 1 aliphatic rings. The standard InChI is InChI=1S/C30H19N2O.C13H24O2.Ir/c1-2-7-19(8-3-1)25-18-22(17-21-9-4-5-11-23(21)25)28-27-24-13-12-20-10-6-15-31-29(20)30(24)33-26(27)14-16-32-28;1-5-10(6-2)12(14)9-13(15)11(7-3)8-4;/h1-11,14-16,18H,12-13H2;9-11,14H,5-8H2,1-4H3;/q-1;;/b;12-9-;. The van der Waals surface area contributed by atoms with Gasteiger partial charge in [-0.05, 0) is 61.8 Å². The number of aliphatic hydroxyl groups excluding tert-OH is 1. The number of allylic oxidation sites excluding steroid dienone is 2. The van der Waals surface area contributed by atoms with Crippen molar-refractivity contribution in [1.29, 1.82) is 0 Å². The van der Waals surface area contributed by atoms with Crippen molar-refractivity contribution in [2.75, 3.05) is 0 Å². The molecule has 3 heterocycles. The Balaban J connectivity index is 0.000000252. The average molecular weight is 828 g/mol. The molecule has 0 fully saturated rings. The fraction of sp³-hybridized carbons (Fsp3) is 0.279. The molecule has 1 radical (unpaired) electrons. The predicted octanol–water partition coefficient (Wildman–Crippen LogP) is 11.1. The molecule has 5 nitrogen and oxygen atoms in total. The van der Waals surface area contributed by atoms with Crippen molar-refractivity contribution in [3.63, 3.8) is 0 Å². The maximum absolute atomic E-state index is 11.7. The number of benzene rings is 3. The van der Waals surface area contributed by atoms with E-state index in [4.69, 9.17) is 9.40 Å². The van der Waals surface area contributed by atoms with Crippen LogP contribution in [0.1, 0.15) is 64.5 Å². The van der Waals surface area contributed by atoms with Crippen LogP contribution < -0.4 is 0 Å². The molecular weight excluding hydrogens is 785 g/mol. The normalized spacial score (nSPS) is 12.3. The molecule has 0 bridgehead atoms. The molecule has 0 atom stereocenters. The van der Waals surface area contributed by atoms with Crippen LogP contribution in [0.4, 0.5) is 0 Å². The van der Waals surface area contributed by atoms with Gasteiger partial charge in [0.05, 0.1) is 5.76 Å². The summed E-state index contributed by atoms with van der Waals surface area (Å²) in [6.45, 7) is 8.07. The topological polar surface area (TPSA) is 76.2 Å². The van der Waals surface area contributed by atoms with E-state index in [0.29, 0.717) is 0 Å². The number of carbonyl (C=O) groups excluding carboxylic acids is 1. The second-order valence-corrected chi connectivity index (χ2v) is 12.5. The van der Waals surface area contributed by atoms with Gasteiger partial charge in [0.15, 0.2) is 11.5 Å². The van der Waals surface area contributed by atoms with Crippen LogP contribution >= 0.6 is 0 Å².